The van der Waals surface area contributed by atoms with Gasteiger partial charge in [0.25, 0.3) is 0 Å². The maximum Gasteiger partial charge on any atom is 0.224 e. The standard InChI is InChI=1S/C20H25NO3/c1-20(2,15-8-6-5-7-9-15)13-12-19(22)21-17-11-10-16(23-3)14-18(17)24-4/h5-11,14H,12-13H2,1-4H3,(H,21,22). The topological polar surface area (TPSA) is 47.6 Å². The van der Waals surface area contributed by atoms with Crippen LogP contribution in [0.2, 0.25) is 0 Å². The molecule has 0 unspecified atom stereocenters. The molecular weight excluding hydrogens is 302 g/mol. The summed E-state index contributed by atoms with van der Waals surface area (Å²) in [4.78, 5) is 12.3. The molecule has 24 heavy (non-hydrogen) atoms. The molecule has 0 atom stereocenters. The second-order valence-corrected chi connectivity index (χ2v) is 6.36. The van der Waals surface area contributed by atoms with Crippen LogP contribution in [0.3, 0.4) is 0 Å². The van der Waals surface area contributed by atoms with E-state index in [1.807, 2.05) is 18.2 Å². The molecule has 1 amide bonds. The van der Waals surface area contributed by atoms with Gasteiger partial charge in [-0.2, -0.15) is 0 Å². The molecule has 128 valence electrons. The molecule has 0 aliphatic heterocycles. The normalized spacial score (nSPS) is 11.0. The average molecular weight is 327 g/mol. The smallest absolute Gasteiger partial charge is 0.224 e. The van der Waals surface area contributed by atoms with Crippen LogP contribution in [0.4, 0.5) is 5.69 Å². The number of amides is 1. The maximum absolute atomic E-state index is 12.3. The molecule has 4 heteroatoms. The van der Waals surface area contributed by atoms with Crippen LogP contribution < -0.4 is 14.8 Å². The number of nitrogens with one attached hydrogen (secondary N) is 1. The first-order valence-corrected chi connectivity index (χ1v) is 8.03. The second-order valence-electron chi connectivity index (χ2n) is 6.36. The molecule has 0 radical (unpaired) electrons. The fourth-order valence-electron chi connectivity index (χ4n) is 2.57. The van der Waals surface area contributed by atoms with Crippen LogP contribution in [-0.4, -0.2) is 20.1 Å². The Morgan fingerprint density at radius 1 is 1.04 bits per heavy atom. The van der Waals surface area contributed by atoms with Gasteiger partial charge in [-0.3, -0.25) is 4.79 Å². The van der Waals surface area contributed by atoms with E-state index in [4.69, 9.17) is 9.47 Å². The molecule has 0 saturated carbocycles. The number of carbonyl (C=O) groups excluding carboxylic acids is 1. The summed E-state index contributed by atoms with van der Waals surface area (Å²) in [5.74, 6) is 1.25. The van der Waals surface area contributed by atoms with E-state index in [1.165, 1.54) is 5.56 Å². The molecule has 2 rings (SSSR count). The minimum Gasteiger partial charge on any atom is -0.497 e. The molecule has 0 aliphatic rings. The molecule has 2 aromatic carbocycles. The number of hydrogen-bond acceptors (Lipinski definition) is 3. The van der Waals surface area contributed by atoms with E-state index in [2.05, 4.69) is 31.3 Å². The number of rotatable bonds is 7. The van der Waals surface area contributed by atoms with E-state index in [-0.39, 0.29) is 11.3 Å². The van der Waals surface area contributed by atoms with Crippen molar-refractivity contribution in [3.05, 3.63) is 54.1 Å². The quantitative estimate of drug-likeness (QED) is 0.820. The molecule has 0 aromatic heterocycles. The Morgan fingerprint density at radius 2 is 1.75 bits per heavy atom. The average Bonchev–Trinajstić information content (AvgIpc) is 2.61. The largest absolute Gasteiger partial charge is 0.497 e. The van der Waals surface area contributed by atoms with Crippen LogP contribution in [-0.2, 0) is 10.2 Å². The van der Waals surface area contributed by atoms with Gasteiger partial charge in [0.05, 0.1) is 19.9 Å². The molecule has 0 saturated heterocycles. The van der Waals surface area contributed by atoms with Gasteiger partial charge in [-0.25, -0.2) is 0 Å². The summed E-state index contributed by atoms with van der Waals surface area (Å²) >= 11 is 0. The number of anilines is 1. The van der Waals surface area contributed by atoms with E-state index >= 15 is 0 Å². The van der Waals surface area contributed by atoms with Crippen LogP contribution in [0.15, 0.2) is 48.5 Å². The number of benzene rings is 2. The lowest BCUT2D eigenvalue weighted by Gasteiger charge is -2.25. The minimum atomic E-state index is -0.0530. The minimum absolute atomic E-state index is 0.0255. The molecule has 4 nitrogen and oxygen atoms in total. The van der Waals surface area contributed by atoms with Gasteiger partial charge in [-0.15, -0.1) is 0 Å². The van der Waals surface area contributed by atoms with Crippen molar-refractivity contribution in [2.45, 2.75) is 32.1 Å². The van der Waals surface area contributed by atoms with E-state index in [0.717, 1.165) is 6.42 Å². The molecule has 0 spiro atoms. The predicted octanol–water partition coefficient (Wildman–Crippen LogP) is 4.40. The second kappa shape index (κ2) is 7.86. The van der Waals surface area contributed by atoms with Crippen molar-refractivity contribution >= 4 is 11.6 Å². The highest BCUT2D eigenvalue weighted by molar-refractivity contribution is 5.92. The number of hydrogen-bond donors (Lipinski definition) is 1. The van der Waals surface area contributed by atoms with Gasteiger partial charge < -0.3 is 14.8 Å². The third-order valence-electron chi connectivity index (χ3n) is 4.22. The highest BCUT2D eigenvalue weighted by atomic mass is 16.5. The Bertz CT molecular complexity index is 681. The molecule has 0 aliphatic carbocycles. The Balaban J connectivity index is 1.99. The number of ether oxygens (including phenoxy) is 2. The van der Waals surface area contributed by atoms with Crippen molar-refractivity contribution in [1.29, 1.82) is 0 Å². The third-order valence-corrected chi connectivity index (χ3v) is 4.22. The highest BCUT2D eigenvalue weighted by Gasteiger charge is 2.21. The molecule has 0 fully saturated rings. The molecule has 1 N–H and O–H groups in total. The summed E-state index contributed by atoms with van der Waals surface area (Å²) < 4.78 is 10.5. The van der Waals surface area contributed by atoms with Crippen molar-refractivity contribution < 1.29 is 14.3 Å². The molecular formula is C20H25NO3. The number of methoxy groups -OCH3 is 2. The van der Waals surface area contributed by atoms with Gasteiger partial charge in [0.1, 0.15) is 11.5 Å². The summed E-state index contributed by atoms with van der Waals surface area (Å²) in [6.07, 6.45) is 1.21. The summed E-state index contributed by atoms with van der Waals surface area (Å²) in [5.41, 5.74) is 1.84. The lowest BCUT2D eigenvalue weighted by Crippen LogP contribution is -2.21. The Hall–Kier alpha value is -2.49. The first-order valence-electron chi connectivity index (χ1n) is 8.03. The zero-order chi connectivity index (χ0) is 17.6. The highest BCUT2D eigenvalue weighted by Crippen LogP contribution is 2.31. The molecule has 2 aromatic rings. The summed E-state index contributed by atoms with van der Waals surface area (Å²) in [6.45, 7) is 4.31. The first kappa shape index (κ1) is 17.9. The fourth-order valence-corrected chi connectivity index (χ4v) is 2.57. The van der Waals surface area contributed by atoms with Crippen molar-refractivity contribution in [3.8, 4) is 11.5 Å². The van der Waals surface area contributed by atoms with Crippen LogP contribution in [0.25, 0.3) is 0 Å². The summed E-state index contributed by atoms with van der Waals surface area (Å²) in [5, 5.41) is 2.92. The lowest BCUT2D eigenvalue weighted by atomic mass is 9.80. The van der Waals surface area contributed by atoms with Crippen LogP contribution in [0, 0.1) is 0 Å². The zero-order valence-corrected chi connectivity index (χ0v) is 14.8. The molecule has 0 heterocycles. The van der Waals surface area contributed by atoms with Gasteiger partial charge >= 0.3 is 0 Å². The number of carbonyl (C=O) groups is 1. The first-order chi connectivity index (χ1) is 11.5. The van der Waals surface area contributed by atoms with Crippen molar-refractivity contribution in [2.75, 3.05) is 19.5 Å². The monoisotopic (exact) mass is 327 g/mol. The van der Waals surface area contributed by atoms with E-state index < -0.39 is 0 Å². The maximum atomic E-state index is 12.3. The van der Waals surface area contributed by atoms with Crippen molar-refractivity contribution in [2.24, 2.45) is 0 Å². The third kappa shape index (κ3) is 4.51. The van der Waals surface area contributed by atoms with Crippen molar-refractivity contribution in [3.63, 3.8) is 0 Å². The summed E-state index contributed by atoms with van der Waals surface area (Å²) in [7, 11) is 3.17. The lowest BCUT2D eigenvalue weighted by molar-refractivity contribution is -0.116. The Kier molecular flexibility index (Phi) is 5.85. The Labute approximate surface area is 143 Å². The summed E-state index contributed by atoms with van der Waals surface area (Å²) in [6, 6.07) is 15.6. The van der Waals surface area contributed by atoms with Crippen LogP contribution in [0.5, 0.6) is 11.5 Å². The van der Waals surface area contributed by atoms with Crippen LogP contribution in [0.1, 0.15) is 32.3 Å². The predicted molar refractivity (Wildman–Crippen MR) is 96.9 cm³/mol. The van der Waals surface area contributed by atoms with Gasteiger partial charge in [-0.1, -0.05) is 44.2 Å². The zero-order valence-electron chi connectivity index (χ0n) is 14.8. The Morgan fingerprint density at radius 3 is 2.38 bits per heavy atom. The van der Waals surface area contributed by atoms with Crippen LogP contribution >= 0.6 is 0 Å². The van der Waals surface area contributed by atoms with Gasteiger partial charge in [0.15, 0.2) is 0 Å². The fraction of sp³-hybridized carbons (Fsp3) is 0.350. The van der Waals surface area contributed by atoms with E-state index in [9.17, 15) is 4.79 Å². The van der Waals surface area contributed by atoms with E-state index in [0.29, 0.717) is 23.6 Å². The SMILES string of the molecule is COc1ccc(NC(=O)CCC(C)(C)c2ccccc2)c(OC)c1. The van der Waals surface area contributed by atoms with Gasteiger partial charge in [0.2, 0.25) is 5.91 Å². The van der Waals surface area contributed by atoms with Crippen molar-refractivity contribution in [1.82, 2.24) is 0 Å². The van der Waals surface area contributed by atoms with Gasteiger partial charge in [0, 0.05) is 12.5 Å². The molecule has 0 bridgehead atoms. The van der Waals surface area contributed by atoms with Gasteiger partial charge in [-0.05, 0) is 29.5 Å². The van der Waals surface area contributed by atoms with E-state index in [1.54, 1.807) is 32.4 Å².